The predicted molar refractivity (Wildman–Crippen MR) is 76.9 cm³/mol. The lowest BCUT2D eigenvalue weighted by atomic mass is 10.1. The number of aromatic nitrogens is 2. The van der Waals surface area contributed by atoms with Gasteiger partial charge in [-0.25, -0.2) is 0 Å². The van der Waals surface area contributed by atoms with Crippen LogP contribution < -0.4 is 10.1 Å². The highest BCUT2D eigenvalue weighted by molar-refractivity contribution is 5.96. The molecule has 1 aromatic heterocycles. The molecule has 5 nitrogen and oxygen atoms in total. The number of nitrogens with zero attached hydrogens (tertiary/aromatic N) is 2. The first kappa shape index (κ1) is 12.7. The summed E-state index contributed by atoms with van der Waals surface area (Å²) in [6.07, 6.45) is 0. The SMILES string of the molecule is Cc1cc(-c2ccc3c(c2)NC(=O)CO3)n(C(C)C)n1. The summed E-state index contributed by atoms with van der Waals surface area (Å²) >= 11 is 0. The Hall–Kier alpha value is -2.30. The molecule has 1 aliphatic rings. The van der Waals surface area contributed by atoms with Gasteiger partial charge in [0.2, 0.25) is 0 Å². The lowest BCUT2D eigenvalue weighted by Gasteiger charge is -2.19. The topological polar surface area (TPSA) is 56.1 Å². The number of rotatable bonds is 2. The summed E-state index contributed by atoms with van der Waals surface area (Å²) in [5, 5.41) is 7.34. The first-order chi connectivity index (χ1) is 9.54. The van der Waals surface area contributed by atoms with Crippen LogP contribution in [0.4, 0.5) is 5.69 Å². The third kappa shape index (κ3) is 2.15. The molecule has 0 saturated heterocycles. The van der Waals surface area contributed by atoms with Crippen molar-refractivity contribution in [2.75, 3.05) is 11.9 Å². The van der Waals surface area contributed by atoms with Gasteiger partial charge in [-0.3, -0.25) is 9.48 Å². The number of nitrogens with one attached hydrogen (secondary N) is 1. The maximum absolute atomic E-state index is 11.4. The molecule has 5 heteroatoms. The molecule has 104 valence electrons. The first-order valence-electron chi connectivity index (χ1n) is 6.68. The minimum Gasteiger partial charge on any atom is -0.482 e. The van der Waals surface area contributed by atoms with E-state index in [1.165, 1.54) is 0 Å². The zero-order chi connectivity index (χ0) is 14.3. The van der Waals surface area contributed by atoms with Gasteiger partial charge in [-0.1, -0.05) is 0 Å². The van der Waals surface area contributed by atoms with Gasteiger partial charge in [-0.05, 0) is 45.0 Å². The molecule has 0 aliphatic carbocycles. The Morgan fingerprint density at radius 2 is 2.15 bits per heavy atom. The van der Waals surface area contributed by atoms with E-state index >= 15 is 0 Å². The molecule has 1 amide bonds. The predicted octanol–water partition coefficient (Wildman–Crippen LogP) is 2.77. The summed E-state index contributed by atoms with van der Waals surface area (Å²) in [6.45, 7) is 6.25. The number of carbonyl (C=O) groups excluding carboxylic acids is 1. The third-order valence-corrected chi connectivity index (χ3v) is 3.26. The van der Waals surface area contributed by atoms with E-state index in [1.54, 1.807) is 0 Å². The Morgan fingerprint density at radius 3 is 2.90 bits per heavy atom. The van der Waals surface area contributed by atoms with Gasteiger partial charge in [0, 0.05) is 11.6 Å². The molecule has 0 bridgehead atoms. The van der Waals surface area contributed by atoms with Gasteiger partial charge in [0.1, 0.15) is 5.75 Å². The van der Waals surface area contributed by atoms with E-state index in [-0.39, 0.29) is 18.6 Å². The lowest BCUT2D eigenvalue weighted by Crippen LogP contribution is -2.25. The normalized spacial score (nSPS) is 13.9. The van der Waals surface area contributed by atoms with Crippen LogP contribution in [-0.2, 0) is 4.79 Å². The van der Waals surface area contributed by atoms with Crippen molar-refractivity contribution >= 4 is 11.6 Å². The average molecular weight is 271 g/mol. The molecule has 1 aromatic carbocycles. The highest BCUT2D eigenvalue weighted by Gasteiger charge is 2.18. The van der Waals surface area contributed by atoms with Crippen molar-refractivity contribution in [3.05, 3.63) is 30.0 Å². The number of fused-ring (bicyclic) bond motifs is 1. The molecule has 2 aromatic rings. The van der Waals surface area contributed by atoms with Crippen LogP contribution in [0, 0.1) is 6.92 Å². The van der Waals surface area contributed by atoms with Crippen molar-refractivity contribution in [1.29, 1.82) is 0 Å². The van der Waals surface area contributed by atoms with Gasteiger partial charge in [0.25, 0.3) is 5.91 Å². The van der Waals surface area contributed by atoms with Crippen LogP contribution >= 0.6 is 0 Å². The fraction of sp³-hybridized carbons (Fsp3) is 0.333. The molecular weight excluding hydrogens is 254 g/mol. The number of ether oxygens (including phenoxy) is 1. The Morgan fingerprint density at radius 1 is 1.35 bits per heavy atom. The first-order valence-corrected chi connectivity index (χ1v) is 6.68. The number of amides is 1. The van der Waals surface area contributed by atoms with Gasteiger partial charge in [-0.2, -0.15) is 5.10 Å². The number of aryl methyl sites for hydroxylation is 1. The Bertz CT molecular complexity index is 674. The highest BCUT2D eigenvalue weighted by atomic mass is 16.5. The second kappa shape index (κ2) is 4.67. The van der Waals surface area contributed by atoms with Crippen LogP contribution in [0.3, 0.4) is 0 Å². The maximum Gasteiger partial charge on any atom is 0.262 e. The second-order valence-corrected chi connectivity index (χ2v) is 5.26. The molecular formula is C15H17N3O2. The van der Waals surface area contributed by atoms with E-state index in [4.69, 9.17) is 4.74 Å². The summed E-state index contributed by atoms with van der Waals surface area (Å²) < 4.78 is 7.36. The van der Waals surface area contributed by atoms with Crippen molar-refractivity contribution < 1.29 is 9.53 Å². The second-order valence-electron chi connectivity index (χ2n) is 5.26. The fourth-order valence-corrected chi connectivity index (χ4v) is 2.37. The van der Waals surface area contributed by atoms with E-state index in [1.807, 2.05) is 35.9 Å². The Labute approximate surface area is 117 Å². The van der Waals surface area contributed by atoms with Gasteiger partial charge >= 0.3 is 0 Å². The maximum atomic E-state index is 11.4. The quantitative estimate of drug-likeness (QED) is 0.913. The zero-order valence-electron chi connectivity index (χ0n) is 11.8. The van der Waals surface area contributed by atoms with E-state index in [2.05, 4.69) is 24.3 Å². The molecule has 2 heterocycles. The molecule has 1 N–H and O–H groups in total. The van der Waals surface area contributed by atoms with Crippen LogP contribution in [0.1, 0.15) is 25.6 Å². The van der Waals surface area contributed by atoms with Crippen molar-refractivity contribution in [1.82, 2.24) is 9.78 Å². The number of hydrogen-bond donors (Lipinski definition) is 1. The molecule has 20 heavy (non-hydrogen) atoms. The zero-order valence-corrected chi connectivity index (χ0v) is 11.8. The van der Waals surface area contributed by atoms with Gasteiger partial charge in [0.15, 0.2) is 6.61 Å². The van der Waals surface area contributed by atoms with Crippen LogP contribution in [0.2, 0.25) is 0 Å². The Kier molecular flexibility index (Phi) is 2.97. The molecule has 0 atom stereocenters. The van der Waals surface area contributed by atoms with E-state index in [0.29, 0.717) is 11.4 Å². The number of hydrogen-bond acceptors (Lipinski definition) is 3. The molecule has 0 radical (unpaired) electrons. The molecule has 3 rings (SSSR count). The average Bonchev–Trinajstić information content (AvgIpc) is 2.80. The standard InChI is InChI=1S/C15H17N3O2/c1-9(2)18-13(6-10(3)17-18)11-4-5-14-12(7-11)16-15(19)8-20-14/h4-7,9H,8H2,1-3H3,(H,16,19). The number of anilines is 1. The summed E-state index contributed by atoms with van der Waals surface area (Å²) in [7, 11) is 0. The number of carbonyl (C=O) groups is 1. The molecule has 0 spiro atoms. The monoisotopic (exact) mass is 271 g/mol. The van der Waals surface area contributed by atoms with Gasteiger partial charge < -0.3 is 10.1 Å². The molecule has 0 unspecified atom stereocenters. The van der Waals surface area contributed by atoms with Crippen molar-refractivity contribution in [3.63, 3.8) is 0 Å². The third-order valence-electron chi connectivity index (χ3n) is 3.26. The minimum absolute atomic E-state index is 0.0788. The summed E-state index contributed by atoms with van der Waals surface area (Å²) in [4.78, 5) is 11.4. The lowest BCUT2D eigenvalue weighted by molar-refractivity contribution is -0.118. The van der Waals surface area contributed by atoms with E-state index < -0.39 is 0 Å². The largest absolute Gasteiger partial charge is 0.482 e. The van der Waals surface area contributed by atoms with Crippen LogP contribution in [-0.4, -0.2) is 22.3 Å². The van der Waals surface area contributed by atoms with Crippen LogP contribution in [0.5, 0.6) is 5.75 Å². The van der Waals surface area contributed by atoms with Crippen molar-refractivity contribution in [3.8, 4) is 17.0 Å². The van der Waals surface area contributed by atoms with Gasteiger partial charge in [0.05, 0.1) is 17.1 Å². The molecule has 0 saturated carbocycles. The van der Waals surface area contributed by atoms with Gasteiger partial charge in [-0.15, -0.1) is 0 Å². The summed E-state index contributed by atoms with van der Waals surface area (Å²) in [6, 6.07) is 8.14. The van der Waals surface area contributed by atoms with E-state index in [9.17, 15) is 4.79 Å². The fourth-order valence-electron chi connectivity index (χ4n) is 2.37. The van der Waals surface area contributed by atoms with Crippen molar-refractivity contribution in [2.45, 2.75) is 26.8 Å². The van der Waals surface area contributed by atoms with Crippen molar-refractivity contribution in [2.24, 2.45) is 0 Å². The minimum atomic E-state index is -0.122. The highest BCUT2D eigenvalue weighted by Crippen LogP contribution is 2.33. The van der Waals surface area contributed by atoms with E-state index in [0.717, 1.165) is 17.0 Å². The van der Waals surface area contributed by atoms with Crippen LogP contribution in [0.25, 0.3) is 11.3 Å². The summed E-state index contributed by atoms with van der Waals surface area (Å²) in [5.41, 5.74) is 3.75. The smallest absolute Gasteiger partial charge is 0.262 e. The summed E-state index contributed by atoms with van der Waals surface area (Å²) in [5.74, 6) is 0.587. The van der Waals surface area contributed by atoms with Crippen LogP contribution in [0.15, 0.2) is 24.3 Å². The number of benzene rings is 1. The Balaban J connectivity index is 2.07. The molecule has 1 aliphatic heterocycles. The molecule has 0 fully saturated rings.